The van der Waals surface area contributed by atoms with Gasteiger partial charge in [0.25, 0.3) is 15.9 Å². The highest BCUT2D eigenvalue weighted by Gasteiger charge is 2.17. The summed E-state index contributed by atoms with van der Waals surface area (Å²) in [5.74, 6) is -0.197. The van der Waals surface area contributed by atoms with Gasteiger partial charge in [-0.25, -0.2) is 0 Å². The fraction of sp³-hybridized carbons (Fsp3) is 0.0833. The van der Waals surface area contributed by atoms with E-state index in [9.17, 15) is 13.2 Å². The first-order chi connectivity index (χ1) is 16.3. The van der Waals surface area contributed by atoms with Crippen LogP contribution in [0.3, 0.4) is 0 Å². The van der Waals surface area contributed by atoms with Crippen molar-refractivity contribution in [2.45, 2.75) is 11.8 Å². The average Bonchev–Trinajstić information content (AvgIpc) is 2.82. The maximum Gasteiger partial charge on any atom is 0.276 e. The number of fused-ring (bicyclic) bond motifs is 1. The first kappa shape index (κ1) is 23.3. The van der Waals surface area contributed by atoms with Crippen molar-refractivity contribution in [1.29, 1.82) is 0 Å². The molecule has 1 amide bonds. The minimum absolute atomic E-state index is 0.00679. The van der Waals surface area contributed by atoms with Gasteiger partial charge in [0.1, 0.15) is 16.9 Å². The maximum atomic E-state index is 13.2. The molecule has 4 aromatic rings. The zero-order chi connectivity index (χ0) is 24.3. The number of aryl methyl sites for hydroxylation is 1. The zero-order valence-corrected chi connectivity index (χ0v) is 19.8. The highest BCUT2D eigenvalue weighted by Crippen LogP contribution is 2.28. The van der Waals surface area contributed by atoms with Crippen LogP contribution in [0.4, 0.5) is 5.69 Å². The number of hydrogen-bond donors (Lipinski definition) is 2. The van der Waals surface area contributed by atoms with Crippen LogP contribution in [0.5, 0.6) is 5.75 Å². The van der Waals surface area contributed by atoms with Gasteiger partial charge >= 0.3 is 0 Å². The number of nitrogens with one attached hydrogen (secondary N) is 2. The van der Waals surface area contributed by atoms with E-state index in [1.807, 2.05) is 6.92 Å². The Labute approximate surface area is 200 Å². The quantitative estimate of drug-likeness (QED) is 0.382. The van der Waals surface area contributed by atoms with Crippen LogP contribution in [-0.4, -0.2) is 21.4 Å². The third-order valence-electron chi connectivity index (χ3n) is 4.91. The lowest BCUT2D eigenvalue weighted by Crippen LogP contribution is -2.27. The first-order valence-corrected chi connectivity index (χ1v) is 11.9. The molecule has 0 saturated heterocycles. The highest BCUT2D eigenvalue weighted by molar-refractivity contribution is 7.89. The first-order valence-electron chi connectivity index (χ1n) is 10.1. The van der Waals surface area contributed by atoms with E-state index in [-0.39, 0.29) is 16.0 Å². The Morgan fingerprint density at radius 1 is 1.03 bits per heavy atom. The fourth-order valence-corrected chi connectivity index (χ4v) is 4.13. The number of para-hydroxylation sites is 1. The Morgan fingerprint density at radius 3 is 2.50 bits per heavy atom. The Kier molecular flexibility index (Phi) is 6.58. The third kappa shape index (κ3) is 5.05. The summed E-state index contributed by atoms with van der Waals surface area (Å²) in [4.78, 5) is 15.4. The van der Waals surface area contributed by atoms with E-state index in [1.54, 1.807) is 54.6 Å². The summed E-state index contributed by atoms with van der Waals surface area (Å²) >= 11 is 6.06. The number of carbonyl (C=O) groups is 1. The number of sulfonamides is 1. The molecule has 0 spiro atoms. The van der Waals surface area contributed by atoms with Crippen molar-refractivity contribution >= 4 is 44.2 Å². The molecule has 0 atom stereocenters. The Morgan fingerprint density at radius 2 is 1.76 bits per heavy atom. The summed E-state index contributed by atoms with van der Waals surface area (Å²) in [5.41, 5.74) is 1.46. The lowest BCUT2D eigenvalue weighted by molar-refractivity contribution is 0.102. The van der Waals surface area contributed by atoms with E-state index in [1.165, 1.54) is 25.3 Å². The van der Waals surface area contributed by atoms with Crippen LogP contribution >= 0.6 is 11.6 Å². The van der Waals surface area contributed by atoms with Gasteiger partial charge in [-0.05, 0) is 49.4 Å². The van der Waals surface area contributed by atoms with Crippen molar-refractivity contribution in [1.82, 2.24) is 4.83 Å². The van der Waals surface area contributed by atoms with Gasteiger partial charge in [-0.2, -0.15) is 13.2 Å². The number of nitrogens with zero attached hydrogens (tertiary/aromatic N) is 1. The molecule has 1 heterocycles. The molecule has 174 valence electrons. The molecular formula is C24H20ClN3O5S. The summed E-state index contributed by atoms with van der Waals surface area (Å²) in [6.07, 6.45) is 0. The van der Waals surface area contributed by atoms with Crippen molar-refractivity contribution in [3.63, 3.8) is 0 Å². The predicted molar refractivity (Wildman–Crippen MR) is 129 cm³/mol. The number of hydrogen-bond acceptors (Lipinski definition) is 6. The van der Waals surface area contributed by atoms with Crippen LogP contribution in [0.25, 0.3) is 11.0 Å². The molecular weight excluding hydrogens is 478 g/mol. The summed E-state index contributed by atoms with van der Waals surface area (Å²) in [7, 11) is -2.53. The largest absolute Gasteiger partial charge is 0.495 e. The average molecular weight is 498 g/mol. The zero-order valence-electron chi connectivity index (χ0n) is 18.2. The molecule has 0 fully saturated rings. The number of methoxy groups -OCH3 is 1. The summed E-state index contributed by atoms with van der Waals surface area (Å²) in [5, 5.41) is 7.67. The second kappa shape index (κ2) is 9.58. The SMILES string of the molecule is COc1ccc(Cl)cc1NC(=O)c1cc2ccccc2o/c1=N\NS(=O)(=O)c1ccc(C)cc1. The van der Waals surface area contributed by atoms with Crippen LogP contribution in [0.1, 0.15) is 15.9 Å². The number of ether oxygens (including phenoxy) is 1. The molecule has 0 aliphatic heterocycles. The number of amides is 1. The predicted octanol–water partition coefficient (Wildman–Crippen LogP) is 4.45. The molecule has 0 aliphatic carbocycles. The highest BCUT2D eigenvalue weighted by atomic mass is 35.5. The molecule has 3 aromatic carbocycles. The van der Waals surface area contributed by atoms with Crippen molar-refractivity contribution in [2.75, 3.05) is 12.4 Å². The molecule has 1 aromatic heterocycles. The van der Waals surface area contributed by atoms with Crippen molar-refractivity contribution in [3.05, 3.63) is 94.5 Å². The fourth-order valence-electron chi connectivity index (χ4n) is 3.15. The van der Waals surface area contributed by atoms with Crippen molar-refractivity contribution in [3.8, 4) is 5.75 Å². The number of rotatable bonds is 6. The molecule has 34 heavy (non-hydrogen) atoms. The second-order valence-electron chi connectivity index (χ2n) is 7.32. The molecule has 0 radical (unpaired) electrons. The molecule has 10 heteroatoms. The summed E-state index contributed by atoms with van der Waals surface area (Å²) in [6, 6.07) is 19.6. The van der Waals surface area contributed by atoms with Gasteiger partial charge in [0.2, 0.25) is 5.55 Å². The Balaban J connectivity index is 1.77. The number of carbonyl (C=O) groups excluding carboxylic acids is 1. The van der Waals surface area contributed by atoms with E-state index in [0.717, 1.165) is 5.56 Å². The van der Waals surface area contributed by atoms with Gasteiger partial charge in [0.05, 0.1) is 17.7 Å². The number of halogens is 1. The minimum Gasteiger partial charge on any atom is -0.495 e. The smallest absolute Gasteiger partial charge is 0.276 e. The number of benzene rings is 3. The molecule has 0 bridgehead atoms. The molecule has 4 rings (SSSR count). The van der Waals surface area contributed by atoms with Crippen LogP contribution in [0, 0.1) is 6.92 Å². The van der Waals surface area contributed by atoms with Gasteiger partial charge < -0.3 is 14.5 Å². The van der Waals surface area contributed by atoms with Crippen LogP contribution in [-0.2, 0) is 10.0 Å². The number of anilines is 1. The Bertz CT molecular complexity index is 1550. The van der Waals surface area contributed by atoms with Gasteiger partial charge in [0, 0.05) is 10.4 Å². The van der Waals surface area contributed by atoms with E-state index in [4.69, 9.17) is 20.8 Å². The molecule has 0 saturated carbocycles. The normalized spacial score (nSPS) is 11.9. The molecule has 8 nitrogen and oxygen atoms in total. The minimum atomic E-state index is -3.99. The van der Waals surface area contributed by atoms with Crippen LogP contribution in [0.2, 0.25) is 5.02 Å². The molecule has 2 N–H and O–H groups in total. The van der Waals surface area contributed by atoms with Crippen LogP contribution in [0.15, 0.2) is 87.2 Å². The van der Waals surface area contributed by atoms with E-state index >= 15 is 0 Å². The standard InChI is InChI=1S/C24H20ClN3O5S/c1-15-7-10-18(11-8-15)34(30,31)28-27-24-19(13-16-5-3-4-6-21(16)33-24)23(29)26-20-14-17(25)9-12-22(20)32-2/h3-14,28H,1-2H3,(H,26,29)/b27-24-. The van der Waals surface area contributed by atoms with Gasteiger partial charge in [0.15, 0.2) is 0 Å². The second-order valence-corrected chi connectivity index (χ2v) is 9.42. The van der Waals surface area contributed by atoms with E-state index in [0.29, 0.717) is 27.4 Å². The maximum absolute atomic E-state index is 13.2. The van der Waals surface area contributed by atoms with Crippen molar-refractivity contribution < 1.29 is 22.4 Å². The summed E-state index contributed by atoms with van der Waals surface area (Å²) in [6.45, 7) is 1.85. The summed E-state index contributed by atoms with van der Waals surface area (Å²) < 4.78 is 36.4. The lowest BCUT2D eigenvalue weighted by atomic mass is 10.1. The monoisotopic (exact) mass is 497 g/mol. The molecule has 0 unspecified atom stereocenters. The van der Waals surface area contributed by atoms with E-state index in [2.05, 4.69) is 15.2 Å². The van der Waals surface area contributed by atoms with Crippen molar-refractivity contribution in [2.24, 2.45) is 5.10 Å². The third-order valence-corrected chi connectivity index (χ3v) is 6.37. The van der Waals surface area contributed by atoms with Gasteiger partial charge in [-0.15, -0.1) is 5.10 Å². The van der Waals surface area contributed by atoms with Crippen LogP contribution < -0.4 is 20.4 Å². The van der Waals surface area contributed by atoms with Gasteiger partial charge in [-0.3, -0.25) is 4.79 Å². The topological polar surface area (TPSA) is 110 Å². The molecule has 0 aliphatic rings. The lowest BCUT2D eigenvalue weighted by Gasteiger charge is -2.11. The Hall–Kier alpha value is -3.82. The van der Waals surface area contributed by atoms with E-state index < -0.39 is 15.9 Å². The van der Waals surface area contributed by atoms with Gasteiger partial charge in [-0.1, -0.05) is 47.5 Å².